The van der Waals surface area contributed by atoms with Gasteiger partial charge in [-0.2, -0.15) is 13.2 Å². The monoisotopic (exact) mass is 335 g/mol. The second-order valence-electron chi connectivity index (χ2n) is 2.66. The summed E-state index contributed by atoms with van der Waals surface area (Å²) < 4.78 is 37.3. The van der Waals surface area contributed by atoms with E-state index in [-0.39, 0.29) is 10.7 Å². The molecule has 0 fully saturated rings. The lowest BCUT2D eigenvalue weighted by Gasteiger charge is -2.11. The minimum Gasteiger partial charge on any atom is -0.397 e. The van der Waals surface area contributed by atoms with Crippen LogP contribution in [0.5, 0.6) is 0 Å². The first-order valence-electron chi connectivity index (χ1n) is 3.57. The van der Waals surface area contributed by atoms with Crippen LogP contribution in [0.3, 0.4) is 0 Å². The first-order chi connectivity index (χ1) is 6.36. The summed E-state index contributed by atoms with van der Waals surface area (Å²) in [4.78, 5) is 0. The molecule has 0 aromatic heterocycles. The smallest absolute Gasteiger partial charge is 0.397 e. The normalized spacial score (nSPS) is 11.8. The molecule has 0 aliphatic heterocycles. The van der Waals surface area contributed by atoms with Gasteiger partial charge < -0.3 is 5.73 Å². The van der Waals surface area contributed by atoms with Gasteiger partial charge in [0.1, 0.15) is 0 Å². The van der Waals surface area contributed by atoms with Crippen LogP contribution in [-0.4, -0.2) is 0 Å². The summed E-state index contributed by atoms with van der Waals surface area (Å²) in [6.07, 6.45) is -4.38. The molecule has 0 heterocycles. The molecule has 0 aliphatic carbocycles. The predicted octanol–water partition coefficient (Wildman–Crippen LogP) is 3.88. The van der Waals surface area contributed by atoms with E-state index in [0.29, 0.717) is 9.99 Å². The zero-order chi connectivity index (χ0) is 10.9. The topological polar surface area (TPSA) is 26.0 Å². The van der Waals surface area contributed by atoms with Crippen molar-refractivity contribution in [1.29, 1.82) is 0 Å². The summed E-state index contributed by atoms with van der Waals surface area (Å²) >= 11 is 7.51. The van der Waals surface area contributed by atoms with Crippen LogP contribution in [0.25, 0.3) is 0 Å². The highest BCUT2D eigenvalue weighted by atomic mass is 127. The summed E-state index contributed by atoms with van der Waals surface area (Å²) in [5.41, 5.74) is 5.36. The van der Waals surface area contributed by atoms with Gasteiger partial charge in [0.25, 0.3) is 0 Å². The molecule has 0 spiro atoms. The van der Waals surface area contributed by atoms with E-state index in [1.165, 1.54) is 0 Å². The average molecular weight is 335 g/mol. The summed E-state index contributed by atoms with van der Waals surface area (Å²) in [7, 11) is 0. The molecule has 1 aromatic carbocycles. The Morgan fingerprint density at radius 2 is 1.93 bits per heavy atom. The third-order valence-electron chi connectivity index (χ3n) is 1.69. The van der Waals surface area contributed by atoms with Crippen molar-refractivity contribution in [3.8, 4) is 0 Å². The van der Waals surface area contributed by atoms with Crippen molar-refractivity contribution in [3.63, 3.8) is 0 Å². The van der Waals surface area contributed by atoms with Gasteiger partial charge in [-0.3, -0.25) is 0 Å². The van der Waals surface area contributed by atoms with Gasteiger partial charge in [0.2, 0.25) is 0 Å². The van der Waals surface area contributed by atoms with Gasteiger partial charge in [-0.05, 0) is 17.7 Å². The number of benzene rings is 1. The Balaban J connectivity index is 3.30. The summed E-state index contributed by atoms with van der Waals surface area (Å²) in [5.74, 6) is 0. The number of rotatable bonds is 1. The van der Waals surface area contributed by atoms with E-state index >= 15 is 0 Å². The molecule has 0 radical (unpaired) electrons. The highest BCUT2D eigenvalue weighted by Gasteiger charge is 2.31. The van der Waals surface area contributed by atoms with Crippen LogP contribution in [0, 0.1) is 0 Å². The first-order valence-corrected chi connectivity index (χ1v) is 5.47. The summed E-state index contributed by atoms with van der Waals surface area (Å²) in [5, 5.41) is -0.0495. The van der Waals surface area contributed by atoms with Crippen molar-refractivity contribution in [2.75, 3.05) is 5.73 Å². The van der Waals surface area contributed by atoms with Crippen molar-refractivity contribution in [3.05, 3.63) is 28.3 Å². The number of hydrogen-bond donors (Lipinski definition) is 1. The Labute approximate surface area is 97.6 Å². The molecule has 0 amide bonds. The Hall–Kier alpha value is -0.170. The molecule has 1 rings (SSSR count). The molecule has 1 nitrogen and oxygen atoms in total. The Morgan fingerprint density at radius 3 is 2.36 bits per heavy atom. The number of alkyl halides is 4. The van der Waals surface area contributed by atoms with Gasteiger partial charge in [0, 0.05) is 4.43 Å². The number of nitrogens with two attached hydrogens (primary N) is 1. The summed E-state index contributed by atoms with van der Waals surface area (Å²) in [6, 6.07) is 1.86. The molecule has 0 atom stereocenters. The zero-order valence-corrected chi connectivity index (χ0v) is 9.74. The van der Waals surface area contributed by atoms with Crippen LogP contribution in [-0.2, 0) is 10.6 Å². The molecule has 0 unspecified atom stereocenters. The molecule has 6 heteroatoms. The highest BCUT2D eigenvalue weighted by Crippen LogP contribution is 2.35. The van der Waals surface area contributed by atoms with Gasteiger partial charge in [0.15, 0.2) is 0 Å². The van der Waals surface area contributed by atoms with E-state index in [2.05, 4.69) is 0 Å². The lowest BCUT2D eigenvalue weighted by Crippen LogP contribution is -2.07. The van der Waals surface area contributed by atoms with Crippen molar-refractivity contribution in [2.24, 2.45) is 0 Å². The second kappa shape index (κ2) is 4.14. The Kier molecular flexibility index (Phi) is 3.52. The number of anilines is 1. The van der Waals surface area contributed by atoms with Crippen molar-refractivity contribution in [2.45, 2.75) is 10.6 Å². The van der Waals surface area contributed by atoms with Gasteiger partial charge >= 0.3 is 6.18 Å². The standard InChI is InChI=1S/C8H6ClF3IN/c9-6-2-5(8(10,11)12)1-4(3-13)7(6)14/h1-2H,3,14H2. The van der Waals surface area contributed by atoms with E-state index in [1.807, 2.05) is 22.6 Å². The predicted molar refractivity (Wildman–Crippen MR) is 58.6 cm³/mol. The Bertz CT molecular complexity index is 351. The largest absolute Gasteiger partial charge is 0.416 e. The van der Waals surface area contributed by atoms with E-state index in [4.69, 9.17) is 17.3 Å². The van der Waals surface area contributed by atoms with Gasteiger partial charge in [-0.15, -0.1) is 0 Å². The van der Waals surface area contributed by atoms with Gasteiger partial charge in [0.05, 0.1) is 16.3 Å². The fourth-order valence-electron chi connectivity index (χ4n) is 0.949. The van der Waals surface area contributed by atoms with Crippen molar-refractivity contribution < 1.29 is 13.2 Å². The fraction of sp³-hybridized carbons (Fsp3) is 0.250. The lowest BCUT2D eigenvalue weighted by atomic mass is 10.1. The third-order valence-corrected chi connectivity index (χ3v) is 2.82. The second-order valence-corrected chi connectivity index (χ2v) is 3.83. The minimum absolute atomic E-state index is 0.0495. The zero-order valence-electron chi connectivity index (χ0n) is 6.83. The first kappa shape index (κ1) is 11.9. The molecule has 0 saturated carbocycles. The fourth-order valence-corrected chi connectivity index (χ4v) is 1.82. The Morgan fingerprint density at radius 1 is 1.36 bits per heavy atom. The average Bonchev–Trinajstić information content (AvgIpc) is 2.07. The van der Waals surface area contributed by atoms with Crippen LogP contribution in [0.2, 0.25) is 5.02 Å². The van der Waals surface area contributed by atoms with Gasteiger partial charge in [-0.25, -0.2) is 0 Å². The van der Waals surface area contributed by atoms with E-state index in [1.54, 1.807) is 0 Å². The van der Waals surface area contributed by atoms with Crippen LogP contribution in [0.1, 0.15) is 11.1 Å². The minimum atomic E-state index is -4.38. The number of halogens is 5. The molecular weight excluding hydrogens is 329 g/mol. The van der Waals surface area contributed by atoms with E-state index < -0.39 is 11.7 Å². The number of hydrogen-bond acceptors (Lipinski definition) is 1. The maximum atomic E-state index is 12.3. The highest BCUT2D eigenvalue weighted by molar-refractivity contribution is 14.1. The quantitative estimate of drug-likeness (QED) is 0.470. The maximum absolute atomic E-state index is 12.3. The van der Waals surface area contributed by atoms with Gasteiger partial charge in [-0.1, -0.05) is 34.2 Å². The molecule has 0 bridgehead atoms. The van der Waals surface area contributed by atoms with Crippen LogP contribution in [0.4, 0.5) is 18.9 Å². The molecule has 78 valence electrons. The molecule has 2 N–H and O–H groups in total. The third kappa shape index (κ3) is 2.44. The molecule has 0 aliphatic rings. The van der Waals surface area contributed by atoms with Crippen LogP contribution in [0.15, 0.2) is 12.1 Å². The molecule has 0 saturated heterocycles. The molecular formula is C8H6ClF3IN. The van der Waals surface area contributed by atoms with Crippen LogP contribution < -0.4 is 5.73 Å². The number of nitrogen functional groups attached to an aromatic ring is 1. The molecule has 14 heavy (non-hydrogen) atoms. The van der Waals surface area contributed by atoms with E-state index in [9.17, 15) is 13.2 Å². The van der Waals surface area contributed by atoms with Crippen molar-refractivity contribution >= 4 is 39.9 Å². The van der Waals surface area contributed by atoms with Crippen LogP contribution >= 0.6 is 34.2 Å². The van der Waals surface area contributed by atoms with Crippen molar-refractivity contribution in [1.82, 2.24) is 0 Å². The molecule has 1 aromatic rings. The summed E-state index contributed by atoms with van der Waals surface area (Å²) in [6.45, 7) is 0. The van der Waals surface area contributed by atoms with E-state index in [0.717, 1.165) is 12.1 Å². The SMILES string of the molecule is Nc1c(Cl)cc(C(F)(F)F)cc1CI. The lowest BCUT2D eigenvalue weighted by molar-refractivity contribution is -0.137. The maximum Gasteiger partial charge on any atom is 0.416 e.